The highest BCUT2D eigenvalue weighted by molar-refractivity contribution is 7.93. The molecule has 8 heteroatoms. The molecule has 0 saturated heterocycles. The summed E-state index contributed by atoms with van der Waals surface area (Å²) in [7, 11) is -3.74. The molecule has 2 aromatic heterocycles. The number of nitrogens with one attached hydrogen (secondary N) is 1. The molecule has 2 aromatic carbocycles. The Morgan fingerprint density at radius 2 is 1.92 bits per heavy atom. The number of anilines is 1. The van der Waals surface area contributed by atoms with Gasteiger partial charge in [-0.3, -0.25) is 9.71 Å². The Balaban J connectivity index is 1.78. The highest BCUT2D eigenvalue weighted by Crippen LogP contribution is 2.29. The van der Waals surface area contributed by atoms with E-state index in [1.54, 1.807) is 54.7 Å². The number of aromatic nitrogens is 2. The van der Waals surface area contributed by atoms with E-state index in [1.165, 1.54) is 11.3 Å². The Bertz CT molecular complexity index is 1170. The number of fused-ring (bicyclic) bond motifs is 2. The quantitative estimate of drug-likeness (QED) is 0.579. The fourth-order valence-electron chi connectivity index (χ4n) is 2.48. The fourth-order valence-corrected chi connectivity index (χ4v) is 4.82. The molecule has 0 spiro atoms. The van der Waals surface area contributed by atoms with Crippen molar-refractivity contribution in [1.82, 2.24) is 9.97 Å². The van der Waals surface area contributed by atoms with Crippen LogP contribution in [0.1, 0.15) is 0 Å². The second-order valence-electron chi connectivity index (χ2n) is 5.08. The van der Waals surface area contributed by atoms with Crippen molar-refractivity contribution in [3.8, 4) is 0 Å². The molecule has 0 aliphatic carbocycles. The van der Waals surface area contributed by atoms with Gasteiger partial charge in [0.05, 0.1) is 26.3 Å². The number of hydrogen-bond donors (Lipinski definition) is 1. The third-order valence-corrected chi connectivity index (χ3v) is 6.07. The maximum atomic E-state index is 12.8. The van der Waals surface area contributed by atoms with Gasteiger partial charge < -0.3 is 0 Å². The van der Waals surface area contributed by atoms with E-state index in [9.17, 15) is 8.42 Å². The number of rotatable bonds is 3. The predicted molar refractivity (Wildman–Crippen MR) is 97.2 cm³/mol. The predicted octanol–water partition coefficient (Wildman–Crippen LogP) is 4.30. The summed E-state index contributed by atoms with van der Waals surface area (Å²) in [6.07, 6.45) is 1.63. The van der Waals surface area contributed by atoms with Crippen molar-refractivity contribution < 1.29 is 8.42 Å². The second-order valence-corrected chi connectivity index (χ2v) is 8.34. The summed E-state index contributed by atoms with van der Waals surface area (Å²) in [5.41, 5.74) is 1.83. The van der Waals surface area contributed by atoms with E-state index in [2.05, 4.69) is 14.7 Å². The van der Waals surface area contributed by atoms with Crippen LogP contribution in [0.5, 0.6) is 0 Å². The van der Waals surface area contributed by atoms with Crippen molar-refractivity contribution in [2.45, 2.75) is 4.90 Å². The van der Waals surface area contributed by atoms with Gasteiger partial charge in [-0.1, -0.05) is 17.7 Å². The summed E-state index contributed by atoms with van der Waals surface area (Å²) in [5, 5.41) is 0.578. The van der Waals surface area contributed by atoms with Gasteiger partial charge in [0.15, 0.2) is 4.47 Å². The van der Waals surface area contributed by atoms with Crippen molar-refractivity contribution in [2.24, 2.45) is 0 Å². The molecule has 0 fully saturated rings. The monoisotopic (exact) mass is 375 g/mol. The summed E-state index contributed by atoms with van der Waals surface area (Å²) < 4.78 is 29.4. The van der Waals surface area contributed by atoms with E-state index in [0.29, 0.717) is 21.1 Å². The van der Waals surface area contributed by atoms with Gasteiger partial charge >= 0.3 is 0 Å². The molecule has 2 heterocycles. The highest BCUT2D eigenvalue weighted by atomic mass is 35.5. The van der Waals surface area contributed by atoms with Crippen LogP contribution in [0.15, 0.2) is 59.6 Å². The maximum absolute atomic E-state index is 12.8. The third-order valence-electron chi connectivity index (χ3n) is 3.51. The zero-order valence-electron chi connectivity index (χ0n) is 12.1. The number of pyridine rings is 1. The molecule has 120 valence electrons. The van der Waals surface area contributed by atoms with Crippen LogP contribution in [0.4, 0.5) is 5.69 Å². The number of thiazole rings is 1. The highest BCUT2D eigenvalue weighted by Gasteiger charge is 2.18. The smallest absolute Gasteiger partial charge is 0.262 e. The zero-order chi connectivity index (χ0) is 16.7. The Morgan fingerprint density at radius 3 is 2.79 bits per heavy atom. The first-order valence-corrected chi connectivity index (χ1v) is 9.63. The zero-order valence-corrected chi connectivity index (χ0v) is 14.5. The molecule has 0 aliphatic heterocycles. The third kappa shape index (κ3) is 2.71. The Labute approximate surface area is 147 Å². The van der Waals surface area contributed by atoms with E-state index in [0.717, 1.165) is 10.2 Å². The lowest BCUT2D eigenvalue weighted by molar-refractivity contribution is 0.602. The van der Waals surface area contributed by atoms with Gasteiger partial charge in [0, 0.05) is 11.6 Å². The number of nitrogens with zero attached hydrogens (tertiary/aromatic N) is 2. The number of hydrogen-bond acceptors (Lipinski definition) is 5. The summed E-state index contributed by atoms with van der Waals surface area (Å²) in [6.45, 7) is 0. The first-order valence-electron chi connectivity index (χ1n) is 6.96. The molecule has 24 heavy (non-hydrogen) atoms. The van der Waals surface area contributed by atoms with Crippen LogP contribution in [0.2, 0.25) is 4.47 Å². The van der Waals surface area contributed by atoms with Crippen LogP contribution in [0, 0.1) is 0 Å². The summed E-state index contributed by atoms with van der Waals surface area (Å²) in [6, 6.07) is 13.6. The largest absolute Gasteiger partial charge is 0.280 e. The van der Waals surface area contributed by atoms with Crippen molar-refractivity contribution in [3.05, 3.63) is 59.2 Å². The Kier molecular flexibility index (Phi) is 3.64. The van der Waals surface area contributed by atoms with Gasteiger partial charge in [-0.2, -0.15) is 0 Å². The standard InChI is InChI=1S/C16H10ClN3O2S2/c17-16-19-13-7-6-10(9-14(13)23-16)20-24(21,22)15-5-1-4-12-11(15)3-2-8-18-12/h1-9,20H. The van der Waals surface area contributed by atoms with E-state index in [-0.39, 0.29) is 4.90 Å². The van der Waals surface area contributed by atoms with Crippen molar-refractivity contribution in [3.63, 3.8) is 0 Å². The Hall–Kier alpha value is -2.22. The van der Waals surface area contributed by atoms with Crippen molar-refractivity contribution in [2.75, 3.05) is 4.72 Å². The molecule has 0 amide bonds. The van der Waals surface area contributed by atoms with E-state index in [4.69, 9.17) is 11.6 Å². The van der Waals surface area contributed by atoms with Crippen LogP contribution in [-0.4, -0.2) is 18.4 Å². The van der Waals surface area contributed by atoms with E-state index < -0.39 is 10.0 Å². The maximum Gasteiger partial charge on any atom is 0.262 e. The minimum atomic E-state index is -3.74. The lowest BCUT2D eigenvalue weighted by Crippen LogP contribution is -2.13. The van der Waals surface area contributed by atoms with Crippen molar-refractivity contribution >= 4 is 59.8 Å². The molecule has 5 nitrogen and oxygen atoms in total. The number of sulfonamides is 1. The van der Waals surface area contributed by atoms with Gasteiger partial charge in [0.1, 0.15) is 0 Å². The molecule has 4 rings (SSSR count). The Morgan fingerprint density at radius 1 is 1.04 bits per heavy atom. The van der Waals surface area contributed by atoms with Gasteiger partial charge in [0.2, 0.25) is 0 Å². The number of benzene rings is 2. The van der Waals surface area contributed by atoms with Gasteiger partial charge in [-0.05, 0) is 42.5 Å². The van der Waals surface area contributed by atoms with E-state index in [1.807, 2.05) is 0 Å². The lowest BCUT2D eigenvalue weighted by atomic mass is 10.2. The molecule has 0 aliphatic rings. The second kappa shape index (κ2) is 5.70. The van der Waals surface area contributed by atoms with Gasteiger partial charge in [-0.25, -0.2) is 13.4 Å². The first-order chi connectivity index (χ1) is 11.5. The SMILES string of the molecule is O=S(=O)(Nc1ccc2nc(Cl)sc2c1)c1cccc2ncccc12. The van der Waals surface area contributed by atoms with Crippen LogP contribution in [0.25, 0.3) is 21.1 Å². The fraction of sp³-hybridized carbons (Fsp3) is 0. The summed E-state index contributed by atoms with van der Waals surface area (Å²) in [4.78, 5) is 8.53. The minimum absolute atomic E-state index is 0.190. The first kappa shape index (κ1) is 15.3. The molecule has 4 aromatic rings. The number of halogens is 1. The molecule has 1 N–H and O–H groups in total. The topological polar surface area (TPSA) is 72.0 Å². The average Bonchev–Trinajstić information content (AvgIpc) is 2.93. The molecule has 0 atom stereocenters. The lowest BCUT2D eigenvalue weighted by Gasteiger charge is -2.10. The summed E-state index contributed by atoms with van der Waals surface area (Å²) >= 11 is 7.19. The average molecular weight is 376 g/mol. The minimum Gasteiger partial charge on any atom is -0.280 e. The van der Waals surface area contributed by atoms with Crippen LogP contribution >= 0.6 is 22.9 Å². The molecule has 0 bridgehead atoms. The van der Waals surface area contributed by atoms with E-state index >= 15 is 0 Å². The van der Waals surface area contributed by atoms with Crippen molar-refractivity contribution in [1.29, 1.82) is 0 Å². The van der Waals surface area contributed by atoms with Crippen LogP contribution in [-0.2, 0) is 10.0 Å². The van der Waals surface area contributed by atoms with Crippen LogP contribution < -0.4 is 4.72 Å². The van der Waals surface area contributed by atoms with Gasteiger partial charge in [-0.15, -0.1) is 11.3 Å². The van der Waals surface area contributed by atoms with Crippen LogP contribution in [0.3, 0.4) is 0 Å². The van der Waals surface area contributed by atoms with Gasteiger partial charge in [0.25, 0.3) is 10.0 Å². The molecule has 0 saturated carbocycles. The molecular formula is C16H10ClN3O2S2. The molecule has 0 unspecified atom stereocenters. The molecular weight excluding hydrogens is 366 g/mol. The molecule has 0 radical (unpaired) electrons. The summed E-state index contributed by atoms with van der Waals surface area (Å²) in [5.74, 6) is 0. The normalized spacial score (nSPS) is 11.9.